The minimum Gasteiger partial charge on any atom is -0.455 e. The van der Waals surface area contributed by atoms with Gasteiger partial charge >= 0.3 is 0 Å². The number of aromatic nitrogens is 4. The van der Waals surface area contributed by atoms with Crippen molar-refractivity contribution in [1.82, 2.24) is 19.5 Å². The predicted molar refractivity (Wildman–Crippen MR) is 257 cm³/mol. The summed E-state index contributed by atoms with van der Waals surface area (Å²) in [5.41, 5.74) is 12.3. The molecular formula is C57H40N4O. The number of para-hydroxylation sites is 3. The summed E-state index contributed by atoms with van der Waals surface area (Å²) in [6, 6.07) is 72.3. The smallest absolute Gasteiger partial charge is 0.164 e. The molecule has 3 heterocycles. The van der Waals surface area contributed by atoms with E-state index in [1.807, 2.05) is 86.6 Å². The fourth-order valence-corrected chi connectivity index (χ4v) is 8.80. The van der Waals surface area contributed by atoms with Gasteiger partial charge in [-0.1, -0.05) is 184 Å². The van der Waals surface area contributed by atoms with Crippen molar-refractivity contribution < 1.29 is 4.42 Å². The van der Waals surface area contributed by atoms with Gasteiger partial charge in [-0.25, -0.2) is 15.0 Å². The molecule has 5 heteroatoms. The SMILES string of the molecule is CC.c1ccc(-c2nc(-c3ccccc3)nc(-c3cccc(-n4c5cc6ccccc6cc5c5cccc(-c6cccc(-c7cccc8c7oc7ccccc78)c6)c54)c3)n2)cc1. The average Bonchev–Trinajstić information content (AvgIpc) is 3.90. The van der Waals surface area contributed by atoms with Gasteiger partial charge in [-0.15, -0.1) is 0 Å². The summed E-state index contributed by atoms with van der Waals surface area (Å²) in [5, 5.41) is 7.01. The van der Waals surface area contributed by atoms with E-state index in [4.69, 9.17) is 19.4 Å². The third-order valence-corrected chi connectivity index (χ3v) is 11.6. The lowest BCUT2D eigenvalue weighted by atomic mass is 9.96. The maximum atomic E-state index is 6.50. The number of benzene rings is 9. The van der Waals surface area contributed by atoms with Gasteiger partial charge < -0.3 is 8.98 Å². The van der Waals surface area contributed by atoms with E-state index >= 15 is 0 Å². The maximum absolute atomic E-state index is 6.50. The largest absolute Gasteiger partial charge is 0.455 e. The van der Waals surface area contributed by atoms with Gasteiger partial charge in [0.1, 0.15) is 11.2 Å². The average molecular weight is 797 g/mol. The van der Waals surface area contributed by atoms with E-state index in [0.717, 1.165) is 77.6 Å². The highest BCUT2D eigenvalue weighted by molar-refractivity contribution is 6.17. The molecule has 12 rings (SSSR count). The molecule has 0 spiro atoms. The fourth-order valence-electron chi connectivity index (χ4n) is 8.80. The van der Waals surface area contributed by atoms with E-state index in [-0.39, 0.29) is 0 Å². The second kappa shape index (κ2) is 15.5. The van der Waals surface area contributed by atoms with Gasteiger partial charge in [0.25, 0.3) is 0 Å². The molecule has 62 heavy (non-hydrogen) atoms. The summed E-state index contributed by atoms with van der Waals surface area (Å²) in [6.45, 7) is 4.00. The number of rotatable bonds is 6. The molecule has 294 valence electrons. The Morgan fingerprint density at radius 2 is 0.887 bits per heavy atom. The summed E-state index contributed by atoms with van der Waals surface area (Å²) >= 11 is 0. The van der Waals surface area contributed by atoms with E-state index < -0.39 is 0 Å². The number of nitrogens with zero attached hydrogens (tertiary/aromatic N) is 4. The van der Waals surface area contributed by atoms with Crippen molar-refractivity contribution in [2.24, 2.45) is 0 Å². The fraction of sp³-hybridized carbons (Fsp3) is 0.0351. The Labute approximate surface area is 359 Å². The van der Waals surface area contributed by atoms with Crippen LogP contribution in [0.2, 0.25) is 0 Å². The minimum atomic E-state index is 0.614. The van der Waals surface area contributed by atoms with Crippen LogP contribution in [0.15, 0.2) is 211 Å². The third-order valence-electron chi connectivity index (χ3n) is 11.6. The zero-order valence-corrected chi connectivity index (χ0v) is 34.3. The molecule has 0 bridgehead atoms. The summed E-state index contributed by atoms with van der Waals surface area (Å²) in [5.74, 6) is 1.88. The van der Waals surface area contributed by atoms with Gasteiger partial charge in [-0.3, -0.25) is 0 Å². The second-order valence-corrected chi connectivity index (χ2v) is 15.2. The molecule has 0 aliphatic carbocycles. The summed E-state index contributed by atoms with van der Waals surface area (Å²) < 4.78 is 8.92. The lowest BCUT2D eigenvalue weighted by molar-refractivity contribution is 0.670. The van der Waals surface area contributed by atoms with Crippen LogP contribution in [0.1, 0.15) is 13.8 Å². The Morgan fingerprint density at radius 3 is 1.61 bits per heavy atom. The molecule has 0 radical (unpaired) electrons. The quantitative estimate of drug-likeness (QED) is 0.168. The Kier molecular flexibility index (Phi) is 9.20. The van der Waals surface area contributed by atoms with Gasteiger partial charge in [-0.05, 0) is 58.3 Å². The first-order valence-electron chi connectivity index (χ1n) is 21.2. The number of fused-ring (bicyclic) bond motifs is 7. The van der Waals surface area contributed by atoms with E-state index in [0.29, 0.717) is 17.5 Å². The van der Waals surface area contributed by atoms with Crippen LogP contribution in [0.4, 0.5) is 0 Å². The molecule has 12 aromatic rings. The molecule has 0 unspecified atom stereocenters. The van der Waals surface area contributed by atoms with Gasteiger partial charge in [-0.2, -0.15) is 0 Å². The molecule has 0 atom stereocenters. The first kappa shape index (κ1) is 36.9. The normalized spacial score (nSPS) is 11.4. The van der Waals surface area contributed by atoms with Gasteiger partial charge in [0.2, 0.25) is 0 Å². The lowest BCUT2D eigenvalue weighted by Gasteiger charge is -2.14. The van der Waals surface area contributed by atoms with Gasteiger partial charge in [0, 0.05) is 55.0 Å². The van der Waals surface area contributed by atoms with E-state index in [2.05, 4.69) is 138 Å². The van der Waals surface area contributed by atoms with Crippen molar-refractivity contribution in [3.8, 4) is 62.1 Å². The zero-order valence-electron chi connectivity index (χ0n) is 34.3. The summed E-state index contributed by atoms with van der Waals surface area (Å²) in [6.07, 6.45) is 0. The van der Waals surface area contributed by atoms with Crippen molar-refractivity contribution in [3.05, 3.63) is 206 Å². The third kappa shape index (κ3) is 6.30. The van der Waals surface area contributed by atoms with Crippen LogP contribution in [0, 0.1) is 0 Å². The molecule has 0 saturated heterocycles. The van der Waals surface area contributed by atoms with E-state index in [1.54, 1.807) is 0 Å². The molecule has 0 aliphatic rings. The van der Waals surface area contributed by atoms with Crippen LogP contribution in [0.25, 0.3) is 117 Å². The number of furan rings is 1. The Hall–Kier alpha value is -8.15. The van der Waals surface area contributed by atoms with Gasteiger partial charge in [0.05, 0.1) is 11.0 Å². The highest BCUT2D eigenvalue weighted by Crippen LogP contribution is 2.42. The molecule has 0 amide bonds. The van der Waals surface area contributed by atoms with Crippen LogP contribution < -0.4 is 0 Å². The standard InChI is InChI=1S/C55H34N4O.C2H6/c1-3-15-35(16-4-1)53-56-54(36-17-5-2-6-18-36)58-55(57-53)41-23-12-24-42(32-41)59-49-34-38-20-8-7-19-37(38)33-48(49)46-28-13-26-43(51(46)59)39-21-11-22-40(31-39)44-27-14-29-47-45-25-9-10-30-50(45)60-52(44)47;1-2/h1-34H;1-2H3. The topological polar surface area (TPSA) is 56.7 Å². The lowest BCUT2D eigenvalue weighted by Crippen LogP contribution is -2.01. The van der Waals surface area contributed by atoms with Crippen molar-refractivity contribution in [2.75, 3.05) is 0 Å². The highest BCUT2D eigenvalue weighted by Gasteiger charge is 2.20. The Balaban J connectivity index is 0.00000213. The molecule has 5 nitrogen and oxygen atoms in total. The first-order valence-corrected chi connectivity index (χ1v) is 21.2. The zero-order chi connectivity index (χ0) is 41.6. The van der Waals surface area contributed by atoms with Crippen LogP contribution in [-0.4, -0.2) is 19.5 Å². The number of hydrogen-bond acceptors (Lipinski definition) is 4. The van der Waals surface area contributed by atoms with Crippen molar-refractivity contribution >= 4 is 54.5 Å². The molecule has 9 aromatic carbocycles. The molecule has 3 aromatic heterocycles. The van der Waals surface area contributed by atoms with Crippen LogP contribution in [0.5, 0.6) is 0 Å². The van der Waals surface area contributed by atoms with E-state index in [9.17, 15) is 0 Å². The minimum absolute atomic E-state index is 0.614. The molecule has 0 fully saturated rings. The van der Waals surface area contributed by atoms with Crippen molar-refractivity contribution in [3.63, 3.8) is 0 Å². The van der Waals surface area contributed by atoms with Crippen molar-refractivity contribution in [2.45, 2.75) is 13.8 Å². The van der Waals surface area contributed by atoms with E-state index in [1.165, 1.54) is 21.5 Å². The van der Waals surface area contributed by atoms with Crippen LogP contribution in [0.3, 0.4) is 0 Å². The summed E-state index contributed by atoms with van der Waals surface area (Å²) in [4.78, 5) is 15.1. The second-order valence-electron chi connectivity index (χ2n) is 15.2. The monoisotopic (exact) mass is 796 g/mol. The van der Waals surface area contributed by atoms with Gasteiger partial charge in [0.15, 0.2) is 17.5 Å². The molecular weight excluding hydrogens is 757 g/mol. The first-order chi connectivity index (χ1) is 30.7. The maximum Gasteiger partial charge on any atom is 0.164 e. The number of hydrogen-bond donors (Lipinski definition) is 0. The summed E-state index contributed by atoms with van der Waals surface area (Å²) in [7, 11) is 0. The molecule has 0 N–H and O–H groups in total. The van der Waals surface area contributed by atoms with Crippen LogP contribution in [-0.2, 0) is 0 Å². The Morgan fingerprint density at radius 1 is 0.371 bits per heavy atom. The Bertz CT molecular complexity index is 3550. The van der Waals surface area contributed by atoms with Crippen molar-refractivity contribution in [1.29, 1.82) is 0 Å². The highest BCUT2D eigenvalue weighted by atomic mass is 16.3. The predicted octanol–water partition coefficient (Wildman–Crippen LogP) is 15.4. The van der Waals surface area contributed by atoms with Crippen LogP contribution >= 0.6 is 0 Å². The molecule has 0 aliphatic heterocycles. The molecule has 0 saturated carbocycles.